The Morgan fingerprint density at radius 1 is 0.882 bits per heavy atom. The van der Waals surface area contributed by atoms with Gasteiger partial charge in [0.05, 0.1) is 17.1 Å². The average Bonchev–Trinajstić information content (AvgIpc) is 2.88. The predicted octanol–water partition coefficient (Wildman–Crippen LogP) is 4.74. The molecule has 1 atom stereocenters. The number of para-hydroxylation sites is 2. The minimum Gasteiger partial charge on any atom is -0.353 e. The fraction of sp³-hybridized carbons (Fsp3) is 0.310. The number of carbonyl (C=O) groups is 1. The van der Waals surface area contributed by atoms with E-state index in [1.165, 1.54) is 18.4 Å². The van der Waals surface area contributed by atoms with Gasteiger partial charge in [-0.3, -0.25) is 14.5 Å². The molecule has 0 saturated carbocycles. The van der Waals surface area contributed by atoms with E-state index in [0.29, 0.717) is 17.3 Å². The molecular weight excluding hydrogens is 422 g/mol. The highest BCUT2D eigenvalue weighted by atomic mass is 16.2. The average molecular weight is 454 g/mol. The summed E-state index contributed by atoms with van der Waals surface area (Å²) in [6, 6.07) is 25.7. The van der Waals surface area contributed by atoms with Gasteiger partial charge in [-0.25, -0.2) is 0 Å². The van der Waals surface area contributed by atoms with Gasteiger partial charge in [-0.05, 0) is 61.7 Å². The van der Waals surface area contributed by atoms with E-state index in [9.17, 15) is 9.59 Å². The highest BCUT2D eigenvalue weighted by molar-refractivity contribution is 5.94. The van der Waals surface area contributed by atoms with E-state index >= 15 is 0 Å². The first-order valence-corrected chi connectivity index (χ1v) is 12.2. The first-order valence-electron chi connectivity index (χ1n) is 12.2. The van der Waals surface area contributed by atoms with Crippen molar-refractivity contribution in [2.45, 2.75) is 32.4 Å². The third kappa shape index (κ3) is 4.48. The summed E-state index contributed by atoms with van der Waals surface area (Å²) in [6.07, 6.45) is 2.37. The summed E-state index contributed by atoms with van der Waals surface area (Å²) in [5, 5.41) is 4.48. The molecule has 1 amide bonds. The van der Waals surface area contributed by atoms with E-state index in [4.69, 9.17) is 0 Å². The van der Waals surface area contributed by atoms with Crippen LogP contribution >= 0.6 is 0 Å². The lowest BCUT2D eigenvalue weighted by atomic mass is 9.95. The Kier molecular flexibility index (Phi) is 6.45. The number of nitrogens with zero attached hydrogens (tertiary/aromatic N) is 2. The van der Waals surface area contributed by atoms with E-state index in [-0.39, 0.29) is 23.9 Å². The molecule has 174 valence electrons. The van der Waals surface area contributed by atoms with Gasteiger partial charge in [0, 0.05) is 17.3 Å². The molecule has 3 aromatic carbocycles. The monoisotopic (exact) mass is 453 g/mol. The maximum absolute atomic E-state index is 13.2. The Bertz CT molecular complexity index is 1290. The maximum Gasteiger partial charge on any atom is 0.240 e. The van der Waals surface area contributed by atoms with Crippen LogP contribution in [0.2, 0.25) is 0 Å². The number of nitrogens with one attached hydrogen (secondary N) is 1. The first kappa shape index (κ1) is 22.4. The summed E-state index contributed by atoms with van der Waals surface area (Å²) in [5.41, 5.74) is 2.81. The standard InChI is InChI=1S/C29H31N3O2/c1-21-15-17-31(18-16-21)27(22-9-3-2-4-10-22)19-30-28(33)20-32-25-13-7-5-11-23(25)29(34)24-12-6-8-14-26(24)32/h2-14,21,27H,15-20H2,1H3,(H,30,33). The van der Waals surface area contributed by atoms with Crippen LogP contribution in [0, 0.1) is 5.92 Å². The van der Waals surface area contributed by atoms with Crippen molar-refractivity contribution in [1.29, 1.82) is 0 Å². The van der Waals surface area contributed by atoms with Crippen molar-refractivity contribution in [2.75, 3.05) is 19.6 Å². The maximum atomic E-state index is 13.2. The molecule has 1 aromatic heterocycles. The van der Waals surface area contributed by atoms with Crippen LogP contribution in [0.25, 0.3) is 21.8 Å². The molecule has 2 heterocycles. The minimum atomic E-state index is -0.0507. The van der Waals surface area contributed by atoms with Gasteiger partial charge in [-0.15, -0.1) is 0 Å². The van der Waals surface area contributed by atoms with E-state index < -0.39 is 0 Å². The molecule has 1 N–H and O–H groups in total. The SMILES string of the molecule is CC1CCN(C(CNC(=O)Cn2c3ccccc3c(=O)c3ccccc32)c2ccccc2)CC1. The summed E-state index contributed by atoms with van der Waals surface area (Å²) in [6.45, 7) is 5.14. The topological polar surface area (TPSA) is 54.3 Å². The Hall–Kier alpha value is -3.44. The molecule has 0 aliphatic carbocycles. The molecule has 5 rings (SSSR count). The van der Waals surface area contributed by atoms with Gasteiger partial charge in [-0.1, -0.05) is 61.5 Å². The molecular formula is C29H31N3O2. The molecule has 5 nitrogen and oxygen atoms in total. The zero-order valence-electron chi connectivity index (χ0n) is 19.6. The quantitative estimate of drug-likeness (QED) is 0.429. The first-order chi connectivity index (χ1) is 16.6. The molecule has 1 unspecified atom stereocenters. The van der Waals surface area contributed by atoms with Gasteiger partial charge in [0.2, 0.25) is 5.91 Å². The number of carbonyl (C=O) groups excluding carboxylic acids is 1. The number of amides is 1. The lowest BCUT2D eigenvalue weighted by Gasteiger charge is -2.37. The molecule has 0 bridgehead atoms. The third-order valence-electron chi connectivity index (χ3n) is 7.12. The van der Waals surface area contributed by atoms with Crippen LogP contribution in [-0.2, 0) is 11.3 Å². The summed E-state index contributed by atoms with van der Waals surface area (Å²) in [5.74, 6) is 0.703. The number of rotatable bonds is 6. The fourth-order valence-electron chi connectivity index (χ4n) is 5.13. The number of pyridine rings is 1. The Morgan fingerprint density at radius 3 is 2.06 bits per heavy atom. The van der Waals surface area contributed by atoms with E-state index in [1.54, 1.807) is 0 Å². The van der Waals surface area contributed by atoms with Crippen molar-refractivity contribution in [3.63, 3.8) is 0 Å². The van der Waals surface area contributed by atoms with Gasteiger partial charge in [0.1, 0.15) is 6.54 Å². The van der Waals surface area contributed by atoms with Crippen LogP contribution in [-0.4, -0.2) is 35.0 Å². The molecule has 4 aromatic rings. The van der Waals surface area contributed by atoms with Gasteiger partial charge >= 0.3 is 0 Å². The highest BCUT2D eigenvalue weighted by Crippen LogP contribution is 2.26. The smallest absolute Gasteiger partial charge is 0.240 e. The van der Waals surface area contributed by atoms with Crippen LogP contribution in [0.1, 0.15) is 31.4 Å². The second-order valence-corrected chi connectivity index (χ2v) is 9.40. The summed E-state index contributed by atoms with van der Waals surface area (Å²) < 4.78 is 1.96. The fourth-order valence-corrected chi connectivity index (χ4v) is 5.13. The zero-order chi connectivity index (χ0) is 23.5. The molecule has 5 heteroatoms. The van der Waals surface area contributed by atoms with Gasteiger partial charge in [-0.2, -0.15) is 0 Å². The normalized spacial score (nSPS) is 16.0. The van der Waals surface area contributed by atoms with Crippen LogP contribution in [0.3, 0.4) is 0 Å². The van der Waals surface area contributed by atoms with Gasteiger partial charge in [0.15, 0.2) is 5.43 Å². The Labute approximate surface area is 200 Å². The predicted molar refractivity (Wildman–Crippen MR) is 138 cm³/mol. The van der Waals surface area contributed by atoms with Crippen molar-refractivity contribution in [3.8, 4) is 0 Å². The van der Waals surface area contributed by atoms with E-state index in [2.05, 4.69) is 41.4 Å². The van der Waals surface area contributed by atoms with Crippen LogP contribution in [0.15, 0.2) is 83.7 Å². The van der Waals surface area contributed by atoms with Crippen LogP contribution in [0.5, 0.6) is 0 Å². The number of aromatic nitrogens is 1. The van der Waals surface area contributed by atoms with Gasteiger partial charge < -0.3 is 9.88 Å². The zero-order valence-corrected chi connectivity index (χ0v) is 19.6. The number of likely N-dealkylation sites (tertiary alicyclic amines) is 1. The number of fused-ring (bicyclic) bond motifs is 2. The molecule has 1 aliphatic heterocycles. The second-order valence-electron chi connectivity index (χ2n) is 9.40. The van der Waals surface area contributed by atoms with E-state index in [1.807, 2.05) is 59.2 Å². The molecule has 1 fully saturated rings. The summed E-state index contributed by atoms with van der Waals surface area (Å²) in [4.78, 5) is 28.7. The van der Waals surface area contributed by atoms with Crippen molar-refractivity contribution in [1.82, 2.24) is 14.8 Å². The lowest BCUT2D eigenvalue weighted by molar-refractivity contribution is -0.121. The molecule has 0 spiro atoms. The van der Waals surface area contributed by atoms with Crippen molar-refractivity contribution < 1.29 is 4.79 Å². The molecule has 34 heavy (non-hydrogen) atoms. The molecule has 0 radical (unpaired) electrons. The Balaban J connectivity index is 1.40. The van der Waals surface area contributed by atoms with Crippen LogP contribution < -0.4 is 10.7 Å². The second kappa shape index (κ2) is 9.82. The molecule has 1 aliphatic rings. The van der Waals surface area contributed by atoms with Crippen LogP contribution in [0.4, 0.5) is 0 Å². The van der Waals surface area contributed by atoms with Gasteiger partial charge in [0.25, 0.3) is 0 Å². The highest BCUT2D eigenvalue weighted by Gasteiger charge is 2.25. The largest absolute Gasteiger partial charge is 0.353 e. The van der Waals surface area contributed by atoms with Crippen molar-refractivity contribution in [3.05, 3.63) is 94.6 Å². The minimum absolute atomic E-state index is 0.00586. The van der Waals surface area contributed by atoms with E-state index in [0.717, 1.165) is 30.0 Å². The number of hydrogen-bond donors (Lipinski definition) is 1. The summed E-state index contributed by atoms with van der Waals surface area (Å²) in [7, 11) is 0. The number of benzene rings is 3. The molecule has 1 saturated heterocycles. The Morgan fingerprint density at radius 2 is 1.44 bits per heavy atom. The summed E-state index contributed by atoms with van der Waals surface area (Å²) >= 11 is 0. The number of piperidine rings is 1. The number of hydrogen-bond acceptors (Lipinski definition) is 3. The van der Waals surface area contributed by atoms with Crippen molar-refractivity contribution >= 4 is 27.7 Å². The lowest BCUT2D eigenvalue weighted by Crippen LogP contribution is -2.42. The van der Waals surface area contributed by atoms with Crippen molar-refractivity contribution in [2.24, 2.45) is 5.92 Å². The third-order valence-corrected chi connectivity index (χ3v) is 7.12.